The average Bonchev–Trinajstić information content (AvgIpc) is 2.14. The molecule has 0 fully saturated rings. The van der Waals surface area contributed by atoms with Crippen LogP contribution in [0.4, 0.5) is 0 Å². The van der Waals surface area contributed by atoms with Crippen molar-refractivity contribution in [2.75, 3.05) is 0 Å². The standard InChI is InChI=1S/C14H24N2/c1-9(2)11-12(10(3)4)15-8-16-13(11)14(5,6)7/h8-10H,1-7H3. The number of hydrogen-bond donors (Lipinski definition) is 0. The Morgan fingerprint density at radius 2 is 1.50 bits per heavy atom. The maximum Gasteiger partial charge on any atom is 0.115 e. The van der Waals surface area contributed by atoms with Crippen LogP contribution < -0.4 is 0 Å². The number of nitrogens with zero attached hydrogens (tertiary/aromatic N) is 2. The van der Waals surface area contributed by atoms with E-state index in [2.05, 4.69) is 58.4 Å². The van der Waals surface area contributed by atoms with Crippen LogP contribution in [0.25, 0.3) is 0 Å². The van der Waals surface area contributed by atoms with E-state index in [-0.39, 0.29) is 5.41 Å². The summed E-state index contributed by atoms with van der Waals surface area (Å²) in [5.41, 5.74) is 3.83. The molecule has 0 aliphatic rings. The van der Waals surface area contributed by atoms with Gasteiger partial charge in [0.15, 0.2) is 0 Å². The second-order valence-electron chi connectivity index (χ2n) is 6.08. The third-order valence-electron chi connectivity index (χ3n) is 2.75. The lowest BCUT2D eigenvalue weighted by atomic mass is 9.82. The van der Waals surface area contributed by atoms with E-state index in [1.165, 1.54) is 17.0 Å². The molecule has 0 aliphatic carbocycles. The van der Waals surface area contributed by atoms with E-state index < -0.39 is 0 Å². The highest BCUT2D eigenvalue weighted by Gasteiger charge is 2.24. The van der Waals surface area contributed by atoms with Gasteiger partial charge in [0.1, 0.15) is 6.33 Å². The van der Waals surface area contributed by atoms with Crippen LogP contribution in [0.5, 0.6) is 0 Å². The molecule has 0 N–H and O–H groups in total. The summed E-state index contributed by atoms with van der Waals surface area (Å²) < 4.78 is 0. The first-order valence-electron chi connectivity index (χ1n) is 6.10. The molecule has 0 saturated heterocycles. The average molecular weight is 220 g/mol. The Morgan fingerprint density at radius 3 is 1.88 bits per heavy atom. The Morgan fingerprint density at radius 1 is 0.938 bits per heavy atom. The van der Waals surface area contributed by atoms with Crippen molar-refractivity contribution in [2.45, 2.75) is 65.7 Å². The van der Waals surface area contributed by atoms with Crippen LogP contribution in [0.3, 0.4) is 0 Å². The largest absolute Gasteiger partial charge is 0.241 e. The van der Waals surface area contributed by atoms with Crippen molar-refractivity contribution in [1.29, 1.82) is 0 Å². The molecule has 16 heavy (non-hydrogen) atoms. The summed E-state index contributed by atoms with van der Waals surface area (Å²) in [6.45, 7) is 15.5. The normalized spacial score (nSPS) is 12.6. The molecule has 0 saturated carbocycles. The molecule has 0 aliphatic heterocycles. The molecule has 1 aromatic heterocycles. The van der Waals surface area contributed by atoms with Gasteiger partial charge in [-0.15, -0.1) is 0 Å². The lowest BCUT2D eigenvalue weighted by Crippen LogP contribution is -2.20. The van der Waals surface area contributed by atoms with Crippen molar-refractivity contribution in [2.24, 2.45) is 0 Å². The van der Waals surface area contributed by atoms with Crippen LogP contribution >= 0.6 is 0 Å². The molecule has 0 unspecified atom stereocenters. The second-order valence-corrected chi connectivity index (χ2v) is 6.08. The summed E-state index contributed by atoms with van der Waals surface area (Å²) >= 11 is 0. The number of aromatic nitrogens is 2. The molecule has 1 heterocycles. The molecule has 0 atom stereocenters. The Balaban J connectivity index is 3.45. The summed E-state index contributed by atoms with van der Waals surface area (Å²) in [7, 11) is 0. The molecule has 0 amide bonds. The Kier molecular flexibility index (Phi) is 3.72. The van der Waals surface area contributed by atoms with Crippen LogP contribution in [-0.2, 0) is 5.41 Å². The smallest absolute Gasteiger partial charge is 0.115 e. The van der Waals surface area contributed by atoms with Crippen molar-refractivity contribution < 1.29 is 0 Å². The lowest BCUT2D eigenvalue weighted by Gasteiger charge is -2.25. The van der Waals surface area contributed by atoms with E-state index in [0.717, 1.165) is 0 Å². The minimum atomic E-state index is 0.0895. The first-order chi connectivity index (χ1) is 7.25. The molecule has 0 aromatic carbocycles. The van der Waals surface area contributed by atoms with E-state index >= 15 is 0 Å². The SMILES string of the molecule is CC(C)c1ncnc(C(C)(C)C)c1C(C)C. The van der Waals surface area contributed by atoms with Gasteiger partial charge in [0.2, 0.25) is 0 Å². The van der Waals surface area contributed by atoms with Gasteiger partial charge in [0.25, 0.3) is 0 Å². The number of rotatable bonds is 2. The van der Waals surface area contributed by atoms with Gasteiger partial charge in [0.05, 0.1) is 11.4 Å². The second kappa shape index (κ2) is 4.52. The summed E-state index contributed by atoms with van der Waals surface area (Å²) in [5, 5.41) is 0. The summed E-state index contributed by atoms with van der Waals surface area (Å²) in [6, 6.07) is 0. The quantitative estimate of drug-likeness (QED) is 0.752. The van der Waals surface area contributed by atoms with Crippen LogP contribution in [0, 0.1) is 0 Å². The van der Waals surface area contributed by atoms with E-state index in [9.17, 15) is 0 Å². The predicted octanol–water partition coefficient (Wildman–Crippen LogP) is 4.02. The molecule has 0 radical (unpaired) electrons. The fraction of sp³-hybridized carbons (Fsp3) is 0.714. The van der Waals surface area contributed by atoms with Crippen LogP contribution in [0.15, 0.2) is 6.33 Å². The third kappa shape index (κ3) is 2.60. The summed E-state index contributed by atoms with van der Waals surface area (Å²) in [4.78, 5) is 8.97. The Hall–Kier alpha value is -0.920. The van der Waals surface area contributed by atoms with E-state index in [4.69, 9.17) is 0 Å². The van der Waals surface area contributed by atoms with Gasteiger partial charge in [-0.3, -0.25) is 0 Å². The van der Waals surface area contributed by atoms with Gasteiger partial charge in [-0.05, 0) is 17.4 Å². The molecule has 90 valence electrons. The molecular formula is C14H24N2. The molecule has 1 rings (SSSR count). The minimum Gasteiger partial charge on any atom is -0.241 e. The van der Waals surface area contributed by atoms with Crippen LogP contribution in [-0.4, -0.2) is 9.97 Å². The zero-order valence-electron chi connectivity index (χ0n) is 11.6. The molecule has 2 heteroatoms. The first-order valence-corrected chi connectivity index (χ1v) is 6.10. The van der Waals surface area contributed by atoms with Gasteiger partial charge in [-0.2, -0.15) is 0 Å². The van der Waals surface area contributed by atoms with Crippen molar-refractivity contribution >= 4 is 0 Å². The summed E-state index contributed by atoms with van der Waals surface area (Å²) in [6.07, 6.45) is 1.71. The highest BCUT2D eigenvalue weighted by Crippen LogP contribution is 2.32. The van der Waals surface area contributed by atoms with Crippen molar-refractivity contribution in [3.63, 3.8) is 0 Å². The van der Waals surface area contributed by atoms with E-state index in [1.807, 2.05) is 0 Å². The Bertz CT molecular complexity index is 359. The van der Waals surface area contributed by atoms with Gasteiger partial charge in [0, 0.05) is 5.41 Å². The first kappa shape index (κ1) is 13.1. The maximum absolute atomic E-state index is 4.50. The molecule has 0 bridgehead atoms. The van der Waals surface area contributed by atoms with Gasteiger partial charge >= 0.3 is 0 Å². The minimum absolute atomic E-state index is 0.0895. The van der Waals surface area contributed by atoms with Gasteiger partial charge in [-0.25, -0.2) is 9.97 Å². The monoisotopic (exact) mass is 220 g/mol. The van der Waals surface area contributed by atoms with Gasteiger partial charge < -0.3 is 0 Å². The van der Waals surface area contributed by atoms with Gasteiger partial charge in [-0.1, -0.05) is 48.5 Å². The van der Waals surface area contributed by atoms with E-state index in [1.54, 1.807) is 6.33 Å². The number of hydrogen-bond acceptors (Lipinski definition) is 2. The molecule has 1 aromatic rings. The topological polar surface area (TPSA) is 25.8 Å². The zero-order chi connectivity index (χ0) is 12.5. The van der Waals surface area contributed by atoms with E-state index in [0.29, 0.717) is 11.8 Å². The molecule has 0 spiro atoms. The fourth-order valence-electron chi connectivity index (χ4n) is 2.04. The fourth-order valence-corrected chi connectivity index (χ4v) is 2.04. The van der Waals surface area contributed by atoms with Crippen LogP contribution in [0.2, 0.25) is 0 Å². The maximum atomic E-state index is 4.50. The predicted molar refractivity (Wildman–Crippen MR) is 68.9 cm³/mol. The highest BCUT2D eigenvalue weighted by atomic mass is 14.9. The zero-order valence-corrected chi connectivity index (χ0v) is 11.6. The third-order valence-corrected chi connectivity index (χ3v) is 2.75. The lowest BCUT2D eigenvalue weighted by molar-refractivity contribution is 0.545. The molecule has 2 nitrogen and oxygen atoms in total. The molecular weight excluding hydrogens is 196 g/mol. The van der Waals surface area contributed by atoms with Crippen molar-refractivity contribution in [3.8, 4) is 0 Å². The van der Waals surface area contributed by atoms with Crippen LogP contribution in [0.1, 0.15) is 77.3 Å². The summed E-state index contributed by atoms with van der Waals surface area (Å²) in [5.74, 6) is 0.939. The Labute approximate surface area is 99.5 Å². The van der Waals surface area contributed by atoms with Crippen molar-refractivity contribution in [3.05, 3.63) is 23.3 Å². The highest BCUT2D eigenvalue weighted by molar-refractivity contribution is 5.34. The van der Waals surface area contributed by atoms with Crippen molar-refractivity contribution in [1.82, 2.24) is 9.97 Å².